The summed E-state index contributed by atoms with van der Waals surface area (Å²) in [6.07, 6.45) is 6.70. The lowest BCUT2D eigenvalue weighted by molar-refractivity contribution is 0.210. The number of allylic oxidation sites excluding steroid dienone is 2. The van der Waals surface area contributed by atoms with Crippen molar-refractivity contribution < 1.29 is 0 Å². The zero-order valence-electron chi connectivity index (χ0n) is 12.1. The van der Waals surface area contributed by atoms with Crippen LogP contribution in [0.1, 0.15) is 60.8 Å². The first-order valence-corrected chi connectivity index (χ1v) is 7.14. The second-order valence-corrected chi connectivity index (χ2v) is 6.37. The zero-order valence-corrected chi connectivity index (χ0v) is 12.1. The van der Waals surface area contributed by atoms with Gasteiger partial charge in [0.05, 0.1) is 0 Å². The van der Waals surface area contributed by atoms with E-state index < -0.39 is 0 Å². The van der Waals surface area contributed by atoms with E-state index in [1.165, 1.54) is 19.3 Å². The van der Waals surface area contributed by atoms with Crippen LogP contribution in [-0.2, 0) is 0 Å². The second kappa shape index (κ2) is 5.89. The van der Waals surface area contributed by atoms with Gasteiger partial charge in [0.15, 0.2) is 0 Å². The molecule has 0 aromatic heterocycles. The van der Waals surface area contributed by atoms with Crippen LogP contribution in [0.2, 0.25) is 0 Å². The van der Waals surface area contributed by atoms with Crippen molar-refractivity contribution in [1.29, 1.82) is 0 Å². The summed E-state index contributed by atoms with van der Waals surface area (Å²) in [5, 5.41) is 0. The maximum Gasteiger partial charge on any atom is -0.0228 e. The van der Waals surface area contributed by atoms with Gasteiger partial charge in [-0.25, -0.2) is 0 Å². The molecular weight excluding hydrogens is 192 g/mol. The maximum absolute atomic E-state index is 2.54. The van der Waals surface area contributed by atoms with Gasteiger partial charge in [-0.2, -0.15) is 0 Å². The Morgan fingerprint density at radius 3 is 2.44 bits per heavy atom. The van der Waals surface area contributed by atoms with E-state index in [1.807, 2.05) is 0 Å². The molecule has 0 fully saturated rings. The third-order valence-corrected chi connectivity index (χ3v) is 4.49. The van der Waals surface area contributed by atoms with Gasteiger partial charge in [-0.3, -0.25) is 0 Å². The van der Waals surface area contributed by atoms with Gasteiger partial charge in [0.1, 0.15) is 0 Å². The van der Waals surface area contributed by atoms with Gasteiger partial charge in [-0.1, -0.05) is 52.7 Å². The fourth-order valence-corrected chi connectivity index (χ4v) is 3.53. The Morgan fingerprint density at radius 1 is 1.31 bits per heavy atom. The van der Waals surface area contributed by atoms with Crippen molar-refractivity contribution in [3.63, 3.8) is 0 Å². The topological polar surface area (TPSA) is 0 Å². The summed E-state index contributed by atoms with van der Waals surface area (Å²) < 4.78 is 0. The van der Waals surface area contributed by atoms with Gasteiger partial charge < -0.3 is 0 Å². The predicted octanol–water partition coefficient (Wildman–Crippen LogP) is 5.30. The Labute approximate surface area is 103 Å². The van der Waals surface area contributed by atoms with Crippen molar-refractivity contribution in [1.82, 2.24) is 0 Å². The van der Waals surface area contributed by atoms with Crippen molar-refractivity contribution in [2.24, 2.45) is 29.6 Å². The summed E-state index contributed by atoms with van der Waals surface area (Å²) in [5.41, 5.74) is 1.62. The van der Waals surface area contributed by atoms with E-state index in [1.54, 1.807) is 5.57 Å². The van der Waals surface area contributed by atoms with Crippen molar-refractivity contribution >= 4 is 0 Å². The van der Waals surface area contributed by atoms with Gasteiger partial charge in [-0.15, -0.1) is 0 Å². The molecular formula is C16H30. The lowest BCUT2D eigenvalue weighted by Gasteiger charge is -2.30. The van der Waals surface area contributed by atoms with Crippen molar-refractivity contribution in [3.8, 4) is 0 Å². The highest BCUT2D eigenvalue weighted by Gasteiger charge is 2.29. The monoisotopic (exact) mass is 222 g/mol. The second-order valence-electron chi connectivity index (χ2n) is 6.37. The van der Waals surface area contributed by atoms with E-state index in [-0.39, 0.29) is 0 Å². The fraction of sp³-hybridized carbons (Fsp3) is 0.875. The molecule has 0 amide bonds. The molecule has 4 atom stereocenters. The summed E-state index contributed by atoms with van der Waals surface area (Å²) in [7, 11) is 0. The molecule has 94 valence electrons. The van der Waals surface area contributed by atoms with E-state index in [2.05, 4.69) is 47.6 Å². The van der Waals surface area contributed by atoms with E-state index in [4.69, 9.17) is 0 Å². The van der Waals surface area contributed by atoms with E-state index in [9.17, 15) is 0 Å². The van der Waals surface area contributed by atoms with Crippen LogP contribution < -0.4 is 0 Å². The summed E-state index contributed by atoms with van der Waals surface area (Å²) in [6.45, 7) is 14.3. The highest BCUT2D eigenvalue weighted by molar-refractivity contribution is 5.08. The van der Waals surface area contributed by atoms with Crippen molar-refractivity contribution in [2.75, 3.05) is 0 Å². The molecule has 0 nitrogen and oxygen atoms in total. The Kier molecular flexibility index (Phi) is 5.08. The van der Waals surface area contributed by atoms with Gasteiger partial charge in [0.25, 0.3) is 0 Å². The van der Waals surface area contributed by atoms with Crippen LogP contribution in [0.15, 0.2) is 11.6 Å². The van der Waals surface area contributed by atoms with Crippen LogP contribution in [0.25, 0.3) is 0 Å². The first kappa shape index (κ1) is 13.8. The minimum atomic E-state index is 0.777. The molecule has 0 bridgehead atoms. The molecule has 0 heteroatoms. The molecule has 1 rings (SSSR count). The molecule has 1 aliphatic rings. The molecule has 0 aromatic carbocycles. The summed E-state index contributed by atoms with van der Waals surface area (Å²) in [6, 6.07) is 0. The smallest absolute Gasteiger partial charge is 0.0228 e. The van der Waals surface area contributed by atoms with Gasteiger partial charge in [-0.05, 0) is 49.4 Å². The lowest BCUT2D eigenvalue weighted by atomic mass is 9.75. The summed E-state index contributed by atoms with van der Waals surface area (Å²) >= 11 is 0. The Bertz CT molecular complexity index is 236. The summed E-state index contributed by atoms with van der Waals surface area (Å²) in [5.74, 6) is 4.25. The van der Waals surface area contributed by atoms with Crippen LogP contribution >= 0.6 is 0 Å². The standard InChI is InChI=1S/C16H30/c1-7-16-14(6)9-12(4)13(5)10-15(16)8-11(2)3/h9,11,13-16H,7-8,10H2,1-6H3. The molecule has 0 spiro atoms. The summed E-state index contributed by atoms with van der Waals surface area (Å²) in [4.78, 5) is 0. The molecule has 0 heterocycles. The van der Waals surface area contributed by atoms with Crippen LogP contribution in [0.3, 0.4) is 0 Å². The number of hydrogen-bond acceptors (Lipinski definition) is 0. The molecule has 0 aromatic rings. The average molecular weight is 222 g/mol. The molecule has 0 N–H and O–H groups in total. The third kappa shape index (κ3) is 3.37. The maximum atomic E-state index is 2.54. The quantitative estimate of drug-likeness (QED) is 0.569. The van der Waals surface area contributed by atoms with E-state index in [0.29, 0.717) is 0 Å². The predicted molar refractivity (Wildman–Crippen MR) is 73.4 cm³/mol. The van der Waals surface area contributed by atoms with Gasteiger partial charge in [0.2, 0.25) is 0 Å². The van der Waals surface area contributed by atoms with Gasteiger partial charge >= 0.3 is 0 Å². The normalized spacial score (nSPS) is 36.1. The minimum Gasteiger partial charge on any atom is -0.0822 e. The van der Waals surface area contributed by atoms with E-state index in [0.717, 1.165) is 29.6 Å². The average Bonchev–Trinajstić information content (AvgIpc) is 2.25. The van der Waals surface area contributed by atoms with E-state index >= 15 is 0 Å². The van der Waals surface area contributed by atoms with Crippen LogP contribution in [0, 0.1) is 29.6 Å². The molecule has 0 saturated heterocycles. The highest BCUT2D eigenvalue weighted by Crippen LogP contribution is 2.39. The highest BCUT2D eigenvalue weighted by atomic mass is 14.3. The molecule has 4 unspecified atom stereocenters. The Balaban J connectivity index is 2.82. The van der Waals surface area contributed by atoms with Crippen LogP contribution in [0.5, 0.6) is 0 Å². The molecule has 1 aliphatic carbocycles. The number of hydrogen-bond donors (Lipinski definition) is 0. The van der Waals surface area contributed by atoms with Crippen LogP contribution in [0.4, 0.5) is 0 Å². The SMILES string of the molecule is CCC1C(C)C=C(C)C(C)CC1CC(C)C. The largest absolute Gasteiger partial charge is 0.0822 e. The zero-order chi connectivity index (χ0) is 12.3. The first-order valence-electron chi connectivity index (χ1n) is 7.14. The Hall–Kier alpha value is -0.260. The molecule has 0 saturated carbocycles. The molecule has 0 radical (unpaired) electrons. The van der Waals surface area contributed by atoms with Crippen LogP contribution in [-0.4, -0.2) is 0 Å². The first-order chi connectivity index (χ1) is 7.45. The third-order valence-electron chi connectivity index (χ3n) is 4.49. The minimum absolute atomic E-state index is 0.777. The van der Waals surface area contributed by atoms with Crippen molar-refractivity contribution in [2.45, 2.75) is 60.8 Å². The number of rotatable bonds is 3. The van der Waals surface area contributed by atoms with Crippen molar-refractivity contribution in [3.05, 3.63) is 11.6 Å². The molecule has 16 heavy (non-hydrogen) atoms. The Morgan fingerprint density at radius 2 is 1.94 bits per heavy atom. The van der Waals surface area contributed by atoms with Gasteiger partial charge in [0, 0.05) is 0 Å². The molecule has 0 aliphatic heterocycles. The lowest BCUT2D eigenvalue weighted by Crippen LogP contribution is -2.21. The fourth-order valence-electron chi connectivity index (χ4n) is 3.53.